The normalized spacial score (nSPS) is 11.3. The van der Waals surface area contributed by atoms with Gasteiger partial charge in [-0.25, -0.2) is 8.42 Å². The van der Waals surface area contributed by atoms with Crippen molar-refractivity contribution in [3.63, 3.8) is 0 Å². The van der Waals surface area contributed by atoms with Crippen molar-refractivity contribution in [2.24, 2.45) is 0 Å². The van der Waals surface area contributed by atoms with Gasteiger partial charge < -0.3 is 5.73 Å². The summed E-state index contributed by atoms with van der Waals surface area (Å²) in [5.41, 5.74) is 6.43. The van der Waals surface area contributed by atoms with Crippen molar-refractivity contribution in [2.45, 2.75) is 4.90 Å². The lowest BCUT2D eigenvalue weighted by Crippen LogP contribution is -2.19. The second-order valence-electron chi connectivity index (χ2n) is 4.05. The van der Waals surface area contributed by atoms with Crippen molar-refractivity contribution in [1.29, 1.82) is 0 Å². The van der Waals surface area contributed by atoms with Gasteiger partial charge in [0.1, 0.15) is 0 Å². The molecule has 2 aromatic rings. The van der Waals surface area contributed by atoms with E-state index < -0.39 is 10.0 Å². The van der Waals surface area contributed by atoms with Gasteiger partial charge in [0.25, 0.3) is 0 Å². The first kappa shape index (κ1) is 15.9. The zero-order valence-corrected chi connectivity index (χ0v) is 13.2. The quantitative estimate of drug-likeness (QED) is 0.616. The monoisotopic (exact) mass is 344 g/mol. The molecule has 0 saturated heterocycles. The number of rotatable bonds is 6. The van der Waals surface area contributed by atoms with E-state index in [9.17, 15) is 8.42 Å². The molecule has 2 rings (SSSR count). The number of nitrogens with one attached hydrogen (secondary N) is 1. The molecule has 0 aliphatic heterocycles. The summed E-state index contributed by atoms with van der Waals surface area (Å²) in [5.74, 6) is 0.463. The third-order valence-corrected chi connectivity index (χ3v) is 5.23. The van der Waals surface area contributed by atoms with Crippen LogP contribution in [0.5, 0.6) is 0 Å². The molecule has 6 nitrogen and oxygen atoms in total. The molecule has 1 aromatic carbocycles. The fourth-order valence-corrected chi connectivity index (χ4v) is 3.92. The first-order valence-corrected chi connectivity index (χ1v) is 8.95. The minimum Gasteiger partial charge on any atom is -0.398 e. The summed E-state index contributed by atoms with van der Waals surface area (Å²) in [6.45, 7) is 0. The first-order chi connectivity index (χ1) is 9.96. The number of aromatic nitrogens is 2. The molecule has 9 heteroatoms. The number of nitrogens with zero attached hydrogens (tertiary/aromatic N) is 2. The van der Waals surface area contributed by atoms with Crippen molar-refractivity contribution in [2.75, 3.05) is 22.0 Å². The van der Waals surface area contributed by atoms with Crippen LogP contribution in [-0.2, 0) is 10.0 Å². The summed E-state index contributed by atoms with van der Waals surface area (Å²) in [4.78, 5) is 0.860. The summed E-state index contributed by atoms with van der Waals surface area (Å²) < 4.78 is 26.1. The highest BCUT2D eigenvalue weighted by molar-refractivity contribution is 8.01. The zero-order valence-electron chi connectivity index (χ0n) is 10.9. The molecule has 0 atom stereocenters. The number of benzene rings is 1. The maximum Gasteiger partial charge on any atom is 0.234 e. The van der Waals surface area contributed by atoms with E-state index in [1.54, 1.807) is 6.07 Å². The van der Waals surface area contributed by atoms with Gasteiger partial charge >= 0.3 is 0 Å². The Kier molecular flexibility index (Phi) is 5.27. The van der Waals surface area contributed by atoms with Gasteiger partial charge in [0.15, 0.2) is 11.0 Å². The maximum atomic E-state index is 11.9. The molecular formula is C12H13ClN4O2S2. The molecule has 0 unspecified atom stereocenters. The molecule has 0 saturated carbocycles. The number of hydrogen-bond acceptors (Lipinski definition) is 6. The van der Waals surface area contributed by atoms with E-state index in [0.29, 0.717) is 11.4 Å². The Bertz CT molecular complexity index is 707. The van der Waals surface area contributed by atoms with Crippen molar-refractivity contribution < 1.29 is 8.42 Å². The predicted molar refractivity (Wildman–Crippen MR) is 86.0 cm³/mol. The Morgan fingerprint density at radius 1 is 1.19 bits per heavy atom. The Labute approximate surface area is 132 Å². The van der Waals surface area contributed by atoms with Crippen LogP contribution in [0.2, 0.25) is 5.15 Å². The molecule has 112 valence electrons. The fraction of sp³-hybridized carbons (Fsp3) is 0.167. The van der Waals surface area contributed by atoms with Gasteiger partial charge in [0.05, 0.1) is 5.75 Å². The molecule has 0 aliphatic rings. The van der Waals surface area contributed by atoms with Gasteiger partial charge in [-0.3, -0.25) is 4.72 Å². The summed E-state index contributed by atoms with van der Waals surface area (Å²) in [7, 11) is -3.49. The van der Waals surface area contributed by atoms with Crippen LogP contribution in [0.1, 0.15) is 0 Å². The Morgan fingerprint density at radius 2 is 1.95 bits per heavy atom. The summed E-state index contributed by atoms with van der Waals surface area (Å²) in [6.07, 6.45) is 0. The molecule has 0 bridgehead atoms. The lowest BCUT2D eigenvalue weighted by Gasteiger charge is -2.07. The second kappa shape index (κ2) is 6.97. The van der Waals surface area contributed by atoms with Crippen molar-refractivity contribution in [3.8, 4) is 0 Å². The molecule has 0 radical (unpaired) electrons. The molecule has 1 heterocycles. The third-order valence-electron chi connectivity index (χ3n) is 2.42. The SMILES string of the molecule is Nc1ccccc1SCCS(=O)(=O)Nc1ccc(Cl)nn1. The van der Waals surface area contributed by atoms with Crippen LogP contribution in [0.15, 0.2) is 41.3 Å². The number of anilines is 2. The minimum atomic E-state index is -3.49. The summed E-state index contributed by atoms with van der Waals surface area (Å²) in [6, 6.07) is 10.2. The summed E-state index contributed by atoms with van der Waals surface area (Å²) in [5, 5.41) is 7.42. The van der Waals surface area contributed by atoms with E-state index in [4.69, 9.17) is 17.3 Å². The first-order valence-electron chi connectivity index (χ1n) is 5.93. The number of thioether (sulfide) groups is 1. The van der Waals surface area contributed by atoms with Crippen LogP contribution in [0.3, 0.4) is 0 Å². The van der Waals surface area contributed by atoms with Gasteiger partial charge in [0.2, 0.25) is 10.0 Å². The van der Waals surface area contributed by atoms with E-state index in [-0.39, 0.29) is 16.7 Å². The highest BCUT2D eigenvalue weighted by atomic mass is 35.5. The average molecular weight is 345 g/mol. The largest absolute Gasteiger partial charge is 0.398 e. The molecule has 1 aromatic heterocycles. The molecule has 21 heavy (non-hydrogen) atoms. The number of hydrogen-bond donors (Lipinski definition) is 2. The average Bonchev–Trinajstić information content (AvgIpc) is 2.43. The highest BCUT2D eigenvalue weighted by Gasteiger charge is 2.12. The third kappa shape index (κ3) is 5.07. The Balaban J connectivity index is 1.90. The Hall–Kier alpha value is -1.51. The number of nitrogens with two attached hydrogens (primary N) is 1. The zero-order chi connectivity index (χ0) is 15.3. The standard InChI is InChI=1S/C12H13ClN4O2S2/c13-11-5-6-12(16-15-11)17-21(18,19)8-7-20-10-4-2-1-3-9(10)14/h1-6H,7-8,14H2,(H,16,17). The predicted octanol–water partition coefficient (Wildman–Crippen LogP) is 2.25. The van der Waals surface area contributed by atoms with Crippen molar-refractivity contribution >= 4 is 44.9 Å². The molecular weight excluding hydrogens is 332 g/mol. The van der Waals surface area contributed by atoms with E-state index >= 15 is 0 Å². The molecule has 0 aliphatic carbocycles. The topological polar surface area (TPSA) is 98.0 Å². The highest BCUT2D eigenvalue weighted by Crippen LogP contribution is 2.24. The van der Waals surface area contributed by atoms with E-state index in [1.165, 1.54) is 23.9 Å². The van der Waals surface area contributed by atoms with Gasteiger partial charge in [-0.05, 0) is 24.3 Å². The van der Waals surface area contributed by atoms with Crippen LogP contribution < -0.4 is 10.5 Å². The minimum absolute atomic E-state index is 0.0592. The maximum absolute atomic E-state index is 11.9. The van der Waals surface area contributed by atoms with Gasteiger partial charge in [0, 0.05) is 16.3 Å². The molecule has 0 amide bonds. The van der Waals surface area contributed by atoms with Crippen LogP contribution in [0.4, 0.5) is 11.5 Å². The van der Waals surface area contributed by atoms with Gasteiger partial charge in [-0.2, -0.15) is 0 Å². The fourth-order valence-electron chi connectivity index (χ4n) is 1.45. The Morgan fingerprint density at radius 3 is 2.62 bits per heavy atom. The van der Waals surface area contributed by atoms with Crippen molar-refractivity contribution in [1.82, 2.24) is 10.2 Å². The lowest BCUT2D eigenvalue weighted by atomic mass is 10.3. The molecule has 0 spiro atoms. The van der Waals surface area contributed by atoms with E-state index in [1.807, 2.05) is 18.2 Å². The number of halogens is 1. The molecule has 3 N–H and O–H groups in total. The van der Waals surface area contributed by atoms with Crippen LogP contribution in [-0.4, -0.2) is 30.1 Å². The van der Waals surface area contributed by atoms with Crippen LogP contribution >= 0.6 is 23.4 Å². The summed E-state index contributed by atoms with van der Waals surface area (Å²) >= 11 is 6.97. The number of sulfonamides is 1. The van der Waals surface area contributed by atoms with Crippen molar-refractivity contribution in [3.05, 3.63) is 41.6 Å². The van der Waals surface area contributed by atoms with Gasteiger partial charge in [-0.1, -0.05) is 23.7 Å². The van der Waals surface area contributed by atoms with Gasteiger partial charge in [-0.15, -0.1) is 22.0 Å². The van der Waals surface area contributed by atoms with E-state index in [0.717, 1.165) is 4.90 Å². The van der Waals surface area contributed by atoms with E-state index in [2.05, 4.69) is 14.9 Å². The smallest absolute Gasteiger partial charge is 0.234 e. The number of para-hydroxylation sites is 1. The second-order valence-corrected chi connectivity index (χ2v) is 7.41. The molecule has 0 fully saturated rings. The lowest BCUT2D eigenvalue weighted by molar-refractivity contribution is 0.602. The van der Waals surface area contributed by atoms with Crippen LogP contribution in [0, 0.1) is 0 Å². The number of nitrogen functional groups attached to an aromatic ring is 1. The van der Waals surface area contributed by atoms with Crippen LogP contribution in [0.25, 0.3) is 0 Å².